The Balaban J connectivity index is 1.67. The molecule has 0 saturated carbocycles. The summed E-state index contributed by atoms with van der Waals surface area (Å²) < 4.78 is 0. The van der Waals surface area contributed by atoms with Gasteiger partial charge in [-0.25, -0.2) is 0 Å². The van der Waals surface area contributed by atoms with Crippen LogP contribution >= 0.6 is 11.8 Å². The van der Waals surface area contributed by atoms with Gasteiger partial charge >= 0.3 is 5.97 Å². The summed E-state index contributed by atoms with van der Waals surface area (Å²) in [5.41, 5.74) is 0.553. The zero-order valence-corrected chi connectivity index (χ0v) is 15.5. The molecule has 6 nitrogen and oxygen atoms in total. The van der Waals surface area contributed by atoms with Gasteiger partial charge in [-0.15, -0.1) is 11.8 Å². The molecule has 2 fully saturated rings. The minimum absolute atomic E-state index is 0.110. The van der Waals surface area contributed by atoms with E-state index in [1.807, 2.05) is 17.0 Å². The lowest BCUT2D eigenvalue weighted by atomic mass is 9.97. The van der Waals surface area contributed by atoms with E-state index in [9.17, 15) is 19.5 Å². The van der Waals surface area contributed by atoms with Crippen LogP contribution in [0, 0.1) is 5.92 Å². The maximum atomic E-state index is 12.9. The molecule has 26 heavy (non-hydrogen) atoms. The van der Waals surface area contributed by atoms with Crippen molar-refractivity contribution < 1.29 is 19.5 Å². The summed E-state index contributed by atoms with van der Waals surface area (Å²) in [5.74, 6) is -1.06. The highest BCUT2D eigenvalue weighted by Gasteiger charge is 2.29. The second-order valence-electron chi connectivity index (χ2n) is 6.80. The average Bonchev–Trinajstić information content (AvgIpc) is 3.21. The SMILES string of the molecule is O=C(O)[C@H]1CCCN(C(=O)c2ccccc2SCC(=O)N2CCCC2)C1. The number of thioether (sulfide) groups is 1. The minimum atomic E-state index is -0.846. The quantitative estimate of drug-likeness (QED) is 0.798. The van der Waals surface area contributed by atoms with Crippen molar-refractivity contribution in [2.24, 2.45) is 5.92 Å². The summed E-state index contributed by atoms with van der Waals surface area (Å²) >= 11 is 1.39. The lowest BCUT2D eigenvalue weighted by Crippen LogP contribution is -2.42. The molecule has 1 atom stereocenters. The number of piperidine rings is 1. The van der Waals surface area contributed by atoms with Crippen LogP contribution in [0.4, 0.5) is 0 Å². The molecule has 2 heterocycles. The summed E-state index contributed by atoms with van der Waals surface area (Å²) in [5, 5.41) is 9.23. The second-order valence-corrected chi connectivity index (χ2v) is 7.82. The first-order valence-electron chi connectivity index (χ1n) is 9.08. The predicted octanol–water partition coefficient (Wildman–Crippen LogP) is 2.34. The van der Waals surface area contributed by atoms with Gasteiger partial charge in [-0.2, -0.15) is 0 Å². The molecule has 1 aromatic rings. The smallest absolute Gasteiger partial charge is 0.308 e. The number of rotatable bonds is 5. The molecule has 0 unspecified atom stereocenters. The molecule has 3 rings (SSSR count). The minimum Gasteiger partial charge on any atom is -0.481 e. The van der Waals surface area contributed by atoms with Gasteiger partial charge in [0.25, 0.3) is 5.91 Å². The molecular weight excluding hydrogens is 352 g/mol. The first-order valence-corrected chi connectivity index (χ1v) is 10.1. The number of carboxylic acids is 1. The highest BCUT2D eigenvalue weighted by Crippen LogP contribution is 2.26. The van der Waals surface area contributed by atoms with E-state index in [-0.39, 0.29) is 18.4 Å². The van der Waals surface area contributed by atoms with Gasteiger partial charge in [-0.3, -0.25) is 14.4 Å². The topological polar surface area (TPSA) is 77.9 Å². The lowest BCUT2D eigenvalue weighted by Gasteiger charge is -2.31. The second kappa shape index (κ2) is 8.58. The van der Waals surface area contributed by atoms with E-state index in [1.165, 1.54) is 11.8 Å². The fourth-order valence-corrected chi connectivity index (χ4v) is 4.45. The number of hydrogen-bond donors (Lipinski definition) is 1. The third-order valence-corrected chi connectivity index (χ3v) is 6.04. The van der Waals surface area contributed by atoms with Gasteiger partial charge in [-0.05, 0) is 37.8 Å². The zero-order valence-electron chi connectivity index (χ0n) is 14.7. The molecule has 1 N–H and O–H groups in total. The van der Waals surface area contributed by atoms with Crippen molar-refractivity contribution in [3.05, 3.63) is 29.8 Å². The van der Waals surface area contributed by atoms with E-state index < -0.39 is 11.9 Å². The number of aliphatic carboxylic acids is 1. The first-order chi connectivity index (χ1) is 12.6. The number of carbonyl (C=O) groups excluding carboxylic acids is 2. The van der Waals surface area contributed by atoms with E-state index in [0.29, 0.717) is 30.7 Å². The maximum absolute atomic E-state index is 12.9. The molecule has 2 saturated heterocycles. The van der Waals surface area contributed by atoms with Gasteiger partial charge < -0.3 is 14.9 Å². The highest BCUT2D eigenvalue weighted by molar-refractivity contribution is 8.00. The van der Waals surface area contributed by atoms with Crippen molar-refractivity contribution in [1.29, 1.82) is 0 Å². The van der Waals surface area contributed by atoms with E-state index in [2.05, 4.69) is 0 Å². The van der Waals surface area contributed by atoms with Crippen molar-refractivity contribution in [2.45, 2.75) is 30.6 Å². The van der Waals surface area contributed by atoms with Crippen molar-refractivity contribution in [3.63, 3.8) is 0 Å². The summed E-state index contributed by atoms with van der Waals surface area (Å²) in [6.45, 7) is 2.48. The van der Waals surface area contributed by atoms with Crippen LogP contribution in [0.3, 0.4) is 0 Å². The monoisotopic (exact) mass is 376 g/mol. The predicted molar refractivity (Wildman–Crippen MR) is 99.2 cm³/mol. The largest absolute Gasteiger partial charge is 0.481 e. The van der Waals surface area contributed by atoms with Crippen LogP contribution in [0.2, 0.25) is 0 Å². The molecule has 1 aromatic carbocycles. The van der Waals surface area contributed by atoms with Gasteiger partial charge in [0.05, 0.1) is 17.2 Å². The van der Waals surface area contributed by atoms with Crippen LogP contribution in [-0.2, 0) is 9.59 Å². The van der Waals surface area contributed by atoms with Crippen LogP contribution < -0.4 is 0 Å². The number of likely N-dealkylation sites (tertiary alicyclic amines) is 2. The molecule has 0 spiro atoms. The molecule has 0 radical (unpaired) electrons. The van der Waals surface area contributed by atoms with E-state index in [1.54, 1.807) is 17.0 Å². The van der Waals surface area contributed by atoms with E-state index in [4.69, 9.17) is 0 Å². The third kappa shape index (κ3) is 4.38. The molecular formula is C19H24N2O4S. The van der Waals surface area contributed by atoms with Crippen LogP contribution in [0.1, 0.15) is 36.0 Å². The maximum Gasteiger partial charge on any atom is 0.308 e. The molecule has 140 valence electrons. The normalized spacial score (nSPS) is 20.2. The summed E-state index contributed by atoms with van der Waals surface area (Å²) in [6, 6.07) is 7.27. The lowest BCUT2D eigenvalue weighted by molar-refractivity contribution is -0.143. The van der Waals surface area contributed by atoms with Crippen molar-refractivity contribution >= 4 is 29.5 Å². The number of benzene rings is 1. The van der Waals surface area contributed by atoms with E-state index >= 15 is 0 Å². The Morgan fingerprint density at radius 1 is 1.04 bits per heavy atom. The number of hydrogen-bond acceptors (Lipinski definition) is 4. The van der Waals surface area contributed by atoms with Gasteiger partial charge in [-0.1, -0.05) is 12.1 Å². The fourth-order valence-electron chi connectivity index (χ4n) is 3.50. The summed E-state index contributed by atoms with van der Waals surface area (Å²) in [7, 11) is 0. The van der Waals surface area contributed by atoms with Gasteiger partial charge in [0.1, 0.15) is 0 Å². The standard InChI is InChI=1S/C19H24N2O4S/c22-17(20-9-3-4-10-20)13-26-16-8-2-1-7-15(16)18(23)21-11-5-6-14(12-21)19(24)25/h1-2,7-8,14H,3-6,9-13H2,(H,24,25)/t14-/m0/s1. The van der Waals surface area contributed by atoms with Gasteiger partial charge in [0.2, 0.25) is 5.91 Å². The van der Waals surface area contributed by atoms with Crippen LogP contribution in [0.15, 0.2) is 29.2 Å². The molecule has 2 aliphatic heterocycles. The Hall–Kier alpha value is -2.02. The molecule has 2 amide bonds. The first kappa shape index (κ1) is 18.8. The van der Waals surface area contributed by atoms with Gasteiger partial charge in [0.15, 0.2) is 0 Å². The fraction of sp³-hybridized carbons (Fsp3) is 0.526. The number of nitrogens with zero attached hydrogens (tertiary/aromatic N) is 2. The Bertz CT molecular complexity index is 688. The van der Waals surface area contributed by atoms with Gasteiger partial charge in [0, 0.05) is 31.1 Å². The van der Waals surface area contributed by atoms with Crippen molar-refractivity contribution in [2.75, 3.05) is 31.9 Å². The summed E-state index contributed by atoms with van der Waals surface area (Å²) in [4.78, 5) is 40.7. The van der Waals surface area contributed by atoms with Crippen LogP contribution in [0.5, 0.6) is 0 Å². The highest BCUT2D eigenvalue weighted by atomic mass is 32.2. The third-order valence-electron chi connectivity index (χ3n) is 4.99. The Labute approximate surface area is 157 Å². The molecule has 0 aromatic heterocycles. The van der Waals surface area contributed by atoms with Crippen LogP contribution in [-0.4, -0.2) is 64.6 Å². The number of carboxylic acid groups (broad SMARTS) is 1. The zero-order chi connectivity index (χ0) is 18.5. The number of amides is 2. The Morgan fingerprint density at radius 3 is 2.46 bits per heavy atom. The van der Waals surface area contributed by atoms with E-state index in [0.717, 1.165) is 30.8 Å². The average molecular weight is 376 g/mol. The van der Waals surface area contributed by atoms with Crippen molar-refractivity contribution in [1.82, 2.24) is 9.80 Å². The molecule has 0 bridgehead atoms. The van der Waals surface area contributed by atoms with Crippen LogP contribution in [0.25, 0.3) is 0 Å². The number of carbonyl (C=O) groups is 3. The molecule has 0 aliphatic carbocycles. The molecule has 7 heteroatoms. The Kier molecular flexibility index (Phi) is 6.19. The molecule has 2 aliphatic rings. The van der Waals surface area contributed by atoms with Crippen molar-refractivity contribution in [3.8, 4) is 0 Å². The summed E-state index contributed by atoms with van der Waals surface area (Å²) in [6.07, 6.45) is 3.43. The Morgan fingerprint density at radius 2 is 1.73 bits per heavy atom.